The largest absolute Gasteiger partial charge is 0.397 e. The molecule has 0 radical (unpaired) electrons. The minimum atomic E-state index is -0.786. The Bertz CT molecular complexity index is 454. The summed E-state index contributed by atoms with van der Waals surface area (Å²) in [6.45, 7) is 2.45. The van der Waals surface area contributed by atoms with Crippen LogP contribution in [0.3, 0.4) is 0 Å². The minimum absolute atomic E-state index is 0.218. The molecule has 4 N–H and O–H groups in total. The Labute approximate surface area is 113 Å². The number of hydrogen-bond donors (Lipinski definition) is 3. The third-order valence-electron chi connectivity index (χ3n) is 3.84. The van der Waals surface area contributed by atoms with Gasteiger partial charge in [-0.15, -0.1) is 0 Å². The zero-order chi connectivity index (χ0) is 13.9. The smallest absolute Gasteiger partial charge is 0.272 e. The van der Waals surface area contributed by atoms with Gasteiger partial charge in [0, 0.05) is 12.7 Å². The average molecular weight is 263 g/mol. The first-order valence-electron chi connectivity index (χ1n) is 6.71. The van der Waals surface area contributed by atoms with Gasteiger partial charge in [-0.25, -0.2) is 4.98 Å². The van der Waals surface area contributed by atoms with E-state index in [-0.39, 0.29) is 18.1 Å². The number of anilines is 1. The van der Waals surface area contributed by atoms with Gasteiger partial charge in [0.25, 0.3) is 5.91 Å². The summed E-state index contributed by atoms with van der Waals surface area (Å²) in [5, 5.41) is 13.1. The van der Waals surface area contributed by atoms with Gasteiger partial charge >= 0.3 is 0 Å². The van der Waals surface area contributed by atoms with Crippen molar-refractivity contribution in [2.75, 3.05) is 12.3 Å². The second kappa shape index (κ2) is 5.57. The third-order valence-corrected chi connectivity index (χ3v) is 3.84. The number of hydrogen-bond acceptors (Lipinski definition) is 4. The molecule has 0 atom stereocenters. The lowest BCUT2D eigenvalue weighted by Gasteiger charge is -2.34. The van der Waals surface area contributed by atoms with Crippen LogP contribution in [0.4, 0.5) is 5.69 Å². The Kier molecular flexibility index (Phi) is 4.04. The Morgan fingerprint density at radius 2 is 2.26 bits per heavy atom. The highest BCUT2D eigenvalue weighted by molar-refractivity contribution is 5.97. The number of nitrogens with two attached hydrogens (primary N) is 1. The molecule has 1 saturated carbocycles. The average Bonchev–Trinajstić information content (AvgIpc) is 2.41. The van der Waals surface area contributed by atoms with Crippen LogP contribution in [0.25, 0.3) is 0 Å². The van der Waals surface area contributed by atoms with Crippen LogP contribution in [0.15, 0.2) is 18.3 Å². The van der Waals surface area contributed by atoms with Gasteiger partial charge in [-0.2, -0.15) is 0 Å². The van der Waals surface area contributed by atoms with E-state index in [1.54, 1.807) is 12.1 Å². The summed E-state index contributed by atoms with van der Waals surface area (Å²) in [5.41, 5.74) is 5.48. The van der Waals surface area contributed by atoms with Crippen LogP contribution in [0.5, 0.6) is 0 Å². The Morgan fingerprint density at radius 3 is 2.89 bits per heavy atom. The maximum atomic E-state index is 11.9. The van der Waals surface area contributed by atoms with E-state index in [1.165, 1.54) is 6.20 Å². The van der Waals surface area contributed by atoms with Crippen molar-refractivity contribution in [1.82, 2.24) is 10.3 Å². The maximum Gasteiger partial charge on any atom is 0.272 e. The fourth-order valence-corrected chi connectivity index (χ4v) is 2.41. The normalized spacial score (nSPS) is 26.9. The van der Waals surface area contributed by atoms with Gasteiger partial charge in [-0.1, -0.05) is 6.92 Å². The minimum Gasteiger partial charge on any atom is -0.397 e. The van der Waals surface area contributed by atoms with Crippen molar-refractivity contribution in [1.29, 1.82) is 0 Å². The van der Waals surface area contributed by atoms with Crippen molar-refractivity contribution >= 4 is 11.6 Å². The molecule has 1 fully saturated rings. The van der Waals surface area contributed by atoms with Gasteiger partial charge in [-0.3, -0.25) is 4.79 Å². The molecule has 0 aromatic carbocycles. The van der Waals surface area contributed by atoms with E-state index in [1.807, 2.05) is 0 Å². The van der Waals surface area contributed by atoms with E-state index in [0.29, 0.717) is 11.6 Å². The van der Waals surface area contributed by atoms with Crippen LogP contribution in [-0.2, 0) is 0 Å². The zero-order valence-corrected chi connectivity index (χ0v) is 11.2. The van der Waals surface area contributed by atoms with Crippen LogP contribution in [0.1, 0.15) is 43.1 Å². The highest BCUT2D eigenvalue weighted by Gasteiger charge is 2.32. The number of aliphatic hydroxyl groups is 1. The molecule has 1 aromatic heterocycles. The second-order valence-electron chi connectivity index (χ2n) is 5.53. The fourth-order valence-electron chi connectivity index (χ4n) is 2.41. The fraction of sp³-hybridized carbons (Fsp3) is 0.571. The van der Waals surface area contributed by atoms with E-state index in [9.17, 15) is 9.90 Å². The highest BCUT2D eigenvalue weighted by atomic mass is 16.3. The van der Waals surface area contributed by atoms with Crippen LogP contribution in [0, 0.1) is 5.92 Å². The molecule has 1 aliphatic carbocycles. The Morgan fingerprint density at radius 1 is 1.58 bits per heavy atom. The summed E-state index contributed by atoms with van der Waals surface area (Å²) in [4.78, 5) is 15.9. The summed E-state index contributed by atoms with van der Waals surface area (Å²) in [6, 6.07) is 3.32. The predicted molar refractivity (Wildman–Crippen MR) is 73.6 cm³/mol. The van der Waals surface area contributed by atoms with Gasteiger partial charge in [0.15, 0.2) is 5.69 Å². The van der Waals surface area contributed by atoms with E-state index in [2.05, 4.69) is 17.2 Å². The predicted octanol–water partition coefficient (Wildman–Crippen LogP) is 1.33. The van der Waals surface area contributed by atoms with E-state index < -0.39 is 5.60 Å². The van der Waals surface area contributed by atoms with E-state index in [4.69, 9.17) is 5.73 Å². The quantitative estimate of drug-likeness (QED) is 0.767. The molecule has 0 bridgehead atoms. The lowest BCUT2D eigenvalue weighted by Crippen LogP contribution is -2.45. The SMILES string of the molecule is CC1CCC(O)(CNC(=O)c2ncccc2N)CC1. The first-order chi connectivity index (χ1) is 9.00. The number of carbonyl (C=O) groups is 1. The van der Waals surface area contributed by atoms with Crippen molar-refractivity contribution < 1.29 is 9.90 Å². The topological polar surface area (TPSA) is 88.2 Å². The summed E-state index contributed by atoms with van der Waals surface area (Å²) in [7, 11) is 0. The Hall–Kier alpha value is -1.62. The van der Waals surface area contributed by atoms with Gasteiger partial charge in [-0.05, 0) is 43.7 Å². The van der Waals surface area contributed by atoms with Gasteiger partial charge in [0.1, 0.15) is 0 Å². The third kappa shape index (κ3) is 3.44. The Balaban J connectivity index is 1.92. The number of amides is 1. The molecule has 19 heavy (non-hydrogen) atoms. The molecule has 5 nitrogen and oxygen atoms in total. The zero-order valence-electron chi connectivity index (χ0n) is 11.2. The number of rotatable bonds is 3. The van der Waals surface area contributed by atoms with Gasteiger partial charge in [0.2, 0.25) is 0 Å². The summed E-state index contributed by atoms with van der Waals surface area (Å²) < 4.78 is 0. The molecular formula is C14H21N3O2. The highest BCUT2D eigenvalue weighted by Crippen LogP contribution is 2.31. The lowest BCUT2D eigenvalue weighted by atomic mass is 9.79. The van der Waals surface area contributed by atoms with Crippen molar-refractivity contribution in [3.05, 3.63) is 24.0 Å². The number of nitrogens with zero attached hydrogens (tertiary/aromatic N) is 1. The molecule has 0 aliphatic heterocycles. The number of aromatic nitrogens is 1. The first-order valence-corrected chi connectivity index (χ1v) is 6.71. The molecule has 1 amide bonds. The second-order valence-corrected chi connectivity index (χ2v) is 5.53. The molecule has 0 spiro atoms. The monoisotopic (exact) mass is 263 g/mol. The van der Waals surface area contributed by atoms with Crippen molar-refractivity contribution in [3.8, 4) is 0 Å². The van der Waals surface area contributed by atoms with Crippen molar-refractivity contribution in [2.24, 2.45) is 5.92 Å². The standard InChI is InChI=1S/C14H21N3O2/c1-10-4-6-14(19,7-5-10)9-17-13(18)12-11(15)3-2-8-16-12/h2-3,8,10,19H,4-7,9,15H2,1H3,(H,17,18). The number of pyridine rings is 1. The summed E-state index contributed by atoms with van der Waals surface area (Å²) in [6.07, 6.45) is 4.98. The summed E-state index contributed by atoms with van der Waals surface area (Å²) >= 11 is 0. The van der Waals surface area contributed by atoms with Crippen LogP contribution >= 0.6 is 0 Å². The number of nitrogen functional groups attached to an aromatic ring is 1. The van der Waals surface area contributed by atoms with Crippen molar-refractivity contribution in [2.45, 2.75) is 38.2 Å². The van der Waals surface area contributed by atoms with Crippen LogP contribution < -0.4 is 11.1 Å². The molecule has 1 heterocycles. The molecule has 0 unspecified atom stereocenters. The van der Waals surface area contributed by atoms with Gasteiger partial charge < -0.3 is 16.2 Å². The molecule has 1 aromatic rings. The van der Waals surface area contributed by atoms with E-state index in [0.717, 1.165) is 25.7 Å². The molecule has 1 aliphatic rings. The lowest BCUT2D eigenvalue weighted by molar-refractivity contribution is -0.00543. The van der Waals surface area contributed by atoms with Crippen LogP contribution in [-0.4, -0.2) is 28.1 Å². The van der Waals surface area contributed by atoms with Gasteiger partial charge in [0.05, 0.1) is 11.3 Å². The molecule has 104 valence electrons. The molecular weight excluding hydrogens is 242 g/mol. The summed E-state index contributed by atoms with van der Waals surface area (Å²) in [5.74, 6) is 0.326. The van der Waals surface area contributed by atoms with E-state index >= 15 is 0 Å². The number of nitrogens with one attached hydrogen (secondary N) is 1. The van der Waals surface area contributed by atoms with Crippen molar-refractivity contribution in [3.63, 3.8) is 0 Å². The molecule has 0 saturated heterocycles. The molecule has 5 heteroatoms. The maximum absolute atomic E-state index is 11.9. The van der Waals surface area contributed by atoms with Crippen LogP contribution in [0.2, 0.25) is 0 Å². The molecule has 2 rings (SSSR count). The first kappa shape index (κ1) is 13.8. The number of carbonyl (C=O) groups excluding carboxylic acids is 1.